The molecule has 0 saturated heterocycles. The lowest BCUT2D eigenvalue weighted by Crippen LogP contribution is -2.23. The molecule has 0 aliphatic heterocycles. The van der Waals surface area contributed by atoms with E-state index in [1.54, 1.807) is 0 Å². The van der Waals surface area contributed by atoms with Crippen LogP contribution >= 0.6 is 0 Å². The summed E-state index contributed by atoms with van der Waals surface area (Å²) in [5, 5.41) is 2.00. The fourth-order valence-corrected chi connectivity index (χ4v) is 1.43. The summed E-state index contributed by atoms with van der Waals surface area (Å²) >= 11 is 0. The van der Waals surface area contributed by atoms with Crippen LogP contribution in [0, 0.1) is 0 Å². The lowest BCUT2D eigenvalue weighted by molar-refractivity contribution is 0.782. The topological polar surface area (TPSA) is 34.2 Å². The summed E-state index contributed by atoms with van der Waals surface area (Å²) in [7, 11) is 1.98. The summed E-state index contributed by atoms with van der Waals surface area (Å²) < 4.78 is 1.98. The summed E-state index contributed by atoms with van der Waals surface area (Å²) in [4.78, 5) is 0. The Bertz CT molecular complexity index is 406. The molecule has 0 fully saturated rings. The van der Waals surface area contributed by atoms with Gasteiger partial charge in [-0.25, -0.2) is 0 Å². The van der Waals surface area contributed by atoms with E-state index in [4.69, 9.17) is 5.73 Å². The van der Waals surface area contributed by atoms with Crippen LogP contribution in [-0.2, 0) is 0 Å². The fraction of sp³-hybridized carbons (Fsp3) is 0.0909. The molecule has 0 spiro atoms. The Morgan fingerprint density at radius 2 is 1.71 bits per heavy atom. The number of benzene rings is 1. The van der Waals surface area contributed by atoms with Crippen LogP contribution in [0.1, 0.15) is 0 Å². The second kappa shape index (κ2) is 3.46. The van der Waals surface area contributed by atoms with Gasteiger partial charge in [-0.05, 0) is 24.3 Å². The fourth-order valence-electron chi connectivity index (χ4n) is 1.43. The third-order valence-electron chi connectivity index (χ3n) is 2.22. The summed E-state index contributed by atoms with van der Waals surface area (Å²) in [5.41, 5.74) is 7.66. The molecule has 0 aliphatic rings. The Morgan fingerprint density at radius 1 is 1.07 bits per heavy atom. The number of nitrogen functional groups attached to an aromatic ring is 1. The Hall–Kier alpha value is -1.90. The van der Waals surface area contributed by atoms with Crippen LogP contribution in [0.2, 0.25) is 0 Å². The molecule has 1 aromatic heterocycles. The van der Waals surface area contributed by atoms with Gasteiger partial charge in [0.15, 0.2) is 0 Å². The maximum atomic E-state index is 5.87. The molecule has 1 heterocycles. The zero-order valence-corrected chi connectivity index (χ0v) is 8.09. The summed E-state index contributed by atoms with van der Waals surface area (Å²) in [6, 6.07) is 11.8. The van der Waals surface area contributed by atoms with Gasteiger partial charge in [-0.15, -0.1) is 0 Å². The van der Waals surface area contributed by atoms with Gasteiger partial charge >= 0.3 is 0 Å². The lowest BCUT2D eigenvalue weighted by atomic mass is 10.3. The predicted molar refractivity (Wildman–Crippen MR) is 59.1 cm³/mol. The molecule has 0 bridgehead atoms. The van der Waals surface area contributed by atoms with Crippen LogP contribution in [0.25, 0.3) is 0 Å². The largest absolute Gasteiger partial charge is 0.397 e. The molecule has 3 heteroatoms. The molecule has 0 amide bonds. The van der Waals surface area contributed by atoms with Crippen LogP contribution in [0.4, 0.5) is 11.4 Å². The minimum absolute atomic E-state index is 0.781. The van der Waals surface area contributed by atoms with Gasteiger partial charge < -0.3 is 5.73 Å². The summed E-state index contributed by atoms with van der Waals surface area (Å²) in [6.45, 7) is 0. The highest BCUT2D eigenvalue weighted by Gasteiger charge is 2.03. The number of hydrogen-bond acceptors (Lipinski definition) is 2. The van der Waals surface area contributed by atoms with Gasteiger partial charge in [0.2, 0.25) is 0 Å². The molecule has 0 saturated carbocycles. The first-order valence-corrected chi connectivity index (χ1v) is 4.50. The number of nitrogens with zero attached hydrogens (tertiary/aromatic N) is 2. The Labute approximate surface area is 83.3 Å². The SMILES string of the molecule is CN(c1ccccc1N)n1cccc1. The smallest absolute Gasteiger partial charge is 0.0803 e. The van der Waals surface area contributed by atoms with E-state index >= 15 is 0 Å². The highest BCUT2D eigenvalue weighted by Crippen LogP contribution is 2.21. The van der Waals surface area contributed by atoms with Crippen molar-refractivity contribution >= 4 is 11.4 Å². The average molecular weight is 187 g/mol. The Kier molecular flexibility index (Phi) is 2.14. The Balaban J connectivity index is 2.37. The molecule has 3 nitrogen and oxygen atoms in total. The monoisotopic (exact) mass is 187 g/mol. The van der Waals surface area contributed by atoms with E-state index < -0.39 is 0 Å². The van der Waals surface area contributed by atoms with Crippen LogP contribution in [-0.4, -0.2) is 11.7 Å². The van der Waals surface area contributed by atoms with Crippen molar-refractivity contribution in [3.05, 3.63) is 48.8 Å². The van der Waals surface area contributed by atoms with Gasteiger partial charge in [-0.2, -0.15) is 0 Å². The van der Waals surface area contributed by atoms with Gasteiger partial charge in [-0.1, -0.05) is 12.1 Å². The van der Waals surface area contributed by atoms with Crippen molar-refractivity contribution in [2.24, 2.45) is 0 Å². The lowest BCUT2D eigenvalue weighted by Gasteiger charge is -2.22. The van der Waals surface area contributed by atoms with E-state index in [2.05, 4.69) is 0 Å². The molecular weight excluding hydrogens is 174 g/mol. The molecule has 2 aromatic rings. The van der Waals surface area contributed by atoms with Crippen molar-refractivity contribution in [2.45, 2.75) is 0 Å². The van der Waals surface area contributed by atoms with Crippen molar-refractivity contribution in [1.29, 1.82) is 0 Å². The molecule has 2 rings (SSSR count). The molecule has 0 aliphatic carbocycles. The molecule has 0 radical (unpaired) electrons. The number of hydrogen-bond donors (Lipinski definition) is 1. The van der Waals surface area contributed by atoms with Crippen molar-refractivity contribution in [3.63, 3.8) is 0 Å². The minimum atomic E-state index is 0.781. The first kappa shape index (κ1) is 8.69. The second-order valence-electron chi connectivity index (χ2n) is 3.15. The number of nitrogens with two attached hydrogens (primary N) is 1. The van der Waals surface area contributed by atoms with Gasteiger partial charge in [0.05, 0.1) is 11.4 Å². The summed E-state index contributed by atoms with van der Waals surface area (Å²) in [6.07, 6.45) is 3.96. The minimum Gasteiger partial charge on any atom is -0.397 e. The van der Waals surface area contributed by atoms with Crippen molar-refractivity contribution in [2.75, 3.05) is 17.8 Å². The maximum Gasteiger partial charge on any atom is 0.0803 e. The van der Waals surface area contributed by atoms with E-state index in [1.165, 1.54) is 0 Å². The molecular formula is C11H13N3. The Morgan fingerprint density at radius 3 is 2.36 bits per heavy atom. The molecule has 72 valence electrons. The first-order valence-electron chi connectivity index (χ1n) is 4.50. The maximum absolute atomic E-state index is 5.87. The number of para-hydroxylation sites is 2. The van der Waals surface area contributed by atoms with Crippen LogP contribution < -0.4 is 10.7 Å². The number of anilines is 2. The quantitative estimate of drug-likeness (QED) is 0.729. The number of rotatable bonds is 2. The third kappa shape index (κ3) is 1.44. The molecule has 1 aromatic carbocycles. The highest BCUT2D eigenvalue weighted by molar-refractivity contribution is 5.66. The van der Waals surface area contributed by atoms with Crippen LogP contribution in [0.15, 0.2) is 48.8 Å². The second-order valence-corrected chi connectivity index (χ2v) is 3.15. The van der Waals surface area contributed by atoms with Crippen molar-refractivity contribution in [1.82, 2.24) is 4.68 Å². The van der Waals surface area contributed by atoms with Crippen molar-refractivity contribution < 1.29 is 0 Å². The van der Waals surface area contributed by atoms with Crippen LogP contribution in [0.5, 0.6) is 0 Å². The predicted octanol–water partition coefficient (Wildman–Crippen LogP) is 1.97. The average Bonchev–Trinajstić information content (AvgIpc) is 2.70. The first-order chi connectivity index (χ1) is 6.79. The molecule has 0 unspecified atom stereocenters. The van der Waals surface area contributed by atoms with Gasteiger partial charge in [0.25, 0.3) is 0 Å². The summed E-state index contributed by atoms with van der Waals surface area (Å²) in [5.74, 6) is 0. The van der Waals surface area contributed by atoms with E-state index in [0.717, 1.165) is 11.4 Å². The standard InChI is InChI=1S/C11H13N3/c1-13(14-8-4-5-9-14)11-7-3-2-6-10(11)12/h2-9H,12H2,1H3. The van der Waals surface area contributed by atoms with Gasteiger partial charge in [0, 0.05) is 19.4 Å². The van der Waals surface area contributed by atoms with E-state index in [1.807, 2.05) is 65.5 Å². The third-order valence-corrected chi connectivity index (χ3v) is 2.22. The van der Waals surface area contributed by atoms with Gasteiger partial charge in [-0.3, -0.25) is 9.69 Å². The zero-order valence-electron chi connectivity index (χ0n) is 8.09. The van der Waals surface area contributed by atoms with E-state index in [-0.39, 0.29) is 0 Å². The van der Waals surface area contributed by atoms with Gasteiger partial charge in [0.1, 0.15) is 0 Å². The molecule has 0 atom stereocenters. The van der Waals surface area contributed by atoms with Crippen LogP contribution in [0.3, 0.4) is 0 Å². The number of aromatic nitrogens is 1. The van der Waals surface area contributed by atoms with E-state index in [9.17, 15) is 0 Å². The molecule has 14 heavy (non-hydrogen) atoms. The van der Waals surface area contributed by atoms with Crippen molar-refractivity contribution in [3.8, 4) is 0 Å². The zero-order chi connectivity index (χ0) is 9.97. The van der Waals surface area contributed by atoms with E-state index in [0.29, 0.717) is 0 Å². The molecule has 2 N–H and O–H groups in total. The normalized spacial score (nSPS) is 10.1. The highest BCUT2D eigenvalue weighted by atomic mass is 15.5.